The van der Waals surface area contributed by atoms with Crippen LogP contribution in [0.25, 0.3) is 0 Å². The van der Waals surface area contributed by atoms with Gasteiger partial charge in [0.25, 0.3) is 0 Å². The average Bonchev–Trinajstić information content (AvgIpc) is 2.83. The molecule has 0 aliphatic rings. The highest BCUT2D eigenvalue weighted by molar-refractivity contribution is 7.99. The second kappa shape index (κ2) is 19.6. The third-order valence-electron chi connectivity index (χ3n) is 5.43. The molecule has 4 N–H and O–H groups in total. The number of carboxylic acid groups (broad SMARTS) is 1. The summed E-state index contributed by atoms with van der Waals surface area (Å²) in [5.74, 6) is 6.11. The van der Waals surface area contributed by atoms with E-state index in [0.717, 1.165) is 18.6 Å². The molecule has 194 valence electrons. The van der Waals surface area contributed by atoms with Crippen LogP contribution >= 0.6 is 11.8 Å². The van der Waals surface area contributed by atoms with Crippen LogP contribution in [-0.4, -0.2) is 46.0 Å². The van der Waals surface area contributed by atoms with E-state index in [4.69, 9.17) is 5.11 Å². The minimum absolute atomic E-state index is 0.187. The Morgan fingerprint density at radius 2 is 1.60 bits per heavy atom. The molecule has 1 aromatic rings. The van der Waals surface area contributed by atoms with Crippen molar-refractivity contribution in [3.05, 3.63) is 23.8 Å². The number of hydrogen-bond acceptors (Lipinski definition) is 5. The van der Waals surface area contributed by atoms with Gasteiger partial charge < -0.3 is 20.8 Å². The second-order valence-corrected chi connectivity index (χ2v) is 9.58. The first kappa shape index (κ1) is 30.4. The predicted octanol–water partition coefficient (Wildman–Crippen LogP) is 6.22. The Hall–Kier alpha value is -2.66. The van der Waals surface area contributed by atoms with Gasteiger partial charge in [0.05, 0.1) is 5.75 Å². The number of carboxylic acids is 1. The number of carbonyl (C=O) groups excluding carboxylic acids is 2. The molecule has 1 aromatic carbocycles. The number of aromatic carboxylic acids is 1. The molecule has 0 aliphatic heterocycles. The molecule has 8 heteroatoms. The van der Waals surface area contributed by atoms with Crippen molar-refractivity contribution in [1.29, 1.82) is 0 Å². The monoisotopic (exact) mass is 504 g/mol. The smallest absolute Gasteiger partial charge is 0.339 e. The summed E-state index contributed by atoms with van der Waals surface area (Å²) >= 11 is 1.68. The van der Waals surface area contributed by atoms with Gasteiger partial charge in [0.1, 0.15) is 17.1 Å². The van der Waals surface area contributed by atoms with Crippen molar-refractivity contribution in [3.63, 3.8) is 0 Å². The van der Waals surface area contributed by atoms with Gasteiger partial charge in [0.15, 0.2) is 0 Å². The summed E-state index contributed by atoms with van der Waals surface area (Å²) in [7, 11) is 0. The van der Waals surface area contributed by atoms with Gasteiger partial charge in [0.2, 0.25) is 0 Å². The number of benzene rings is 1. The van der Waals surface area contributed by atoms with E-state index < -0.39 is 12.0 Å². The van der Waals surface area contributed by atoms with E-state index in [1.807, 2.05) is 6.92 Å². The molecule has 0 saturated carbocycles. The van der Waals surface area contributed by atoms with E-state index in [9.17, 15) is 19.5 Å². The third kappa shape index (κ3) is 15.8. The molecule has 0 radical (unpaired) electrons. The quantitative estimate of drug-likeness (QED) is 0.101. The van der Waals surface area contributed by atoms with Gasteiger partial charge in [-0.3, -0.25) is 4.79 Å². The van der Waals surface area contributed by atoms with Crippen LogP contribution in [-0.2, 0) is 4.79 Å². The first-order valence-corrected chi connectivity index (χ1v) is 13.7. The zero-order valence-corrected chi connectivity index (χ0v) is 21.7. The number of aromatic hydroxyl groups is 1. The molecule has 0 heterocycles. The number of anilines is 1. The zero-order valence-electron chi connectivity index (χ0n) is 20.9. The summed E-state index contributed by atoms with van der Waals surface area (Å²) in [5.41, 5.74) is -0.0236. The molecule has 1 rings (SSSR count). The highest BCUT2D eigenvalue weighted by Crippen LogP contribution is 2.21. The standard InChI is InChI=1S/C27H40N2O5S/c1-2-3-4-5-6-7-8-9-10-11-12-13-19-35-21-23(30)15-14-18-28-27(34)29-22-16-17-25(31)24(20-22)26(32)33/h16-17,20,31H,4-15,18-19,21H2,1H3,(H,32,33)(H2,28,29,34). The van der Waals surface area contributed by atoms with Gasteiger partial charge in [-0.2, -0.15) is 11.8 Å². The normalized spacial score (nSPS) is 10.3. The molecule has 35 heavy (non-hydrogen) atoms. The van der Waals surface area contributed by atoms with Gasteiger partial charge in [-0.05, 0) is 50.1 Å². The summed E-state index contributed by atoms with van der Waals surface area (Å²) in [4.78, 5) is 34.9. The predicted molar refractivity (Wildman–Crippen MR) is 143 cm³/mol. The van der Waals surface area contributed by atoms with Gasteiger partial charge in [0, 0.05) is 25.1 Å². The van der Waals surface area contributed by atoms with Crippen LogP contribution in [0.1, 0.15) is 94.3 Å². The second-order valence-electron chi connectivity index (χ2n) is 8.47. The van der Waals surface area contributed by atoms with Crippen molar-refractivity contribution >= 4 is 35.2 Å². The fraction of sp³-hybridized carbons (Fsp3) is 0.593. The van der Waals surface area contributed by atoms with E-state index in [-0.39, 0.29) is 22.8 Å². The number of thioether (sulfide) groups is 1. The molecular formula is C27H40N2O5S. The lowest BCUT2D eigenvalue weighted by Crippen LogP contribution is -2.29. The molecule has 0 atom stereocenters. The Morgan fingerprint density at radius 1 is 0.943 bits per heavy atom. The first-order valence-electron chi connectivity index (χ1n) is 12.5. The molecule has 0 saturated heterocycles. The molecule has 0 spiro atoms. The number of rotatable bonds is 19. The number of carbonyl (C=O) groups is 3. The van der Waals surface area contributed by atoms with Crippen LogP contribution in [0.2, 0.25) is 0 Å². The van der Waals surface area contributed by atoms with Crippen LogP contribution in [0.4, 0.5) is 10.5 Å². The molecule has 0 aromatic heterocycles. The Balaban J connectivity index is 1.95. The molecule has 0 unspecified atom stereocenters. The number of amides is 2. The minimum atomic E-state index is -1.28. The van der Waals surface area contributed by atoms with Crippen molar-refractivity contribution in [2.45, 2.75) is 84.0 Å². The fourth-order valence-corrected chi connectivity index (χ4v) is 4.41. The maximum Gasteiger partial charge on any atom is 0.339 e. The summed E-state index contributed by atoms with van der Waals surface area (Å²) in [6, 6.07) is 3.32. The number of Topliss-reactive ketones (excluding diaryl/α,β-unsaturated/α-hetero) is 1. The first-order chi connectivity index (χ1) is 16.9. The molecule has 0 aliphatic carbocycles. The fourth-order valence-electron chi connectivity index (χ4n) is 3.49. The lowest BCUT2D eigenvalue weighted by atomic mass is 10.1. The molecular weight excluding hydrogens is 464 g/mol. The number of ketones is 1. The lowest BCUT2D eigenvalue weighted by molar-refractivity contribution is -0.116. The SMILES string of the molecule is CC#CCCCCCCCCCCCSCC(=O)CCCNC(=O)Nc1ccc(O)c(C(=O)O)c1. The maximum atomic E-state index is 12.0. The van der Waals surface area contributed by atoms with Gasteiger partial charge in [-0.25, -0.2) is 9.59 Å². The van der Waals surface area contributed by atoms with E-state index in [2.05, 4.69) is 22.5 Å². The number of urea groups is 1. The van der Waals surface area contributed by atoms with E-state index in [0.29, 0.717) is 25.1 Å². The molecule has 7 nitrogen and oxygen atoms in total. The summed E-state index contributed by atoms with van der Waals surface area (Å²) in [6.45, 7) is 2.24. The maximum absolute atomic E-state index is 12.0. The highest BCUT2D eigenvalue weighted by Gasteiger charge is 2.11. The zero-order chi connectivity index (χ0) is 25.7. The van der Waals surface area contributed by atoms with Crippen LogP contribution in [0, 0.1) is 11.8 Å². The Morgan fingerprint density at radius 3 is 2.26 bits per heavy atom. The highest BCUT2D eigenvalue weighted by atomic mass is 32.2. The van der Waals surface area contributed by atoms with Crippen molar-refractivity contribution in [2.24, 2.45) is 0 Å². The molecule has 0 bridgehead atoms. The van der Waals surface area contributed by atoms with Crippen molar-refractivity contribution in [1.82, 2.24) is 5.32 Å². The summed E-state index contributed by atoms with van der Waals surface area (Å²) < 4.78 is 0. The summed E-state index contributed by atoms with van der Waals surface area (Å²) in [6.07, 6.45) is 13.4. The number of hydrogen-bond donors (Lipinski definition) is 4. The summed E-state index contributed by atoms with van der Waals surface area (Å²) in [5, 5.41) is 23.7. The van der Waals surface area contributed by atoms with E-state index >= 15 is 0 Å². The van der Waals surface area contributed by atoms with Crippen molar-refractivity contribution in [2.75, 3.05) is 23.4 Å². The average molecular weight is 505 g/mol. The number of unbranched alkanes of at least 4 members (excludes halogenated alkanes) is 9. The largest absolute Gasteiger partial charge is 0.507 e. The van der Waals surface area contributed by atoms with Gasteiger partial charge in [-0.15, -0.1) is 11.8 Å². The number of nitrogens with one attached hydrogen (secondary N) is 2. The topological polar surface area (TPSA) is 116 Å². The molecule has 2 amide bonds. The lowest BCUT2D eigenvalue weighted by Gasteiger charge is -2.09. The van der Waals surface area contributed by atoms with E-state index in [1.165, 1.54) is 69.6 Å². The van der Waals surface area contributed by atoms with Gasteiger partial charge in [-0.1, -0.05) is 44.9 Å². The van der Waals surface area contributed by atoms with E-state index in [1.54, 1.807) is 11.8 Å². The minimum Gasteiger partial charge on any atom is -0.507 e. The Kier molecular flexibility index (Phi) is 17.0. The molecule has 0 fully saturated rings. The third-order valence-corrected chi connectivity index (χ3v) is 6.54. The number of phenols is 1. The van der Waals surface area contributed by atoms with Crippen LogP contribution in [0.15, 0.2) is 18.2 Å². The van der Waals surface area contributed by atoms with Crippen LogP contribution < -0.4 is 10.6 Å². The Labute approximate surface area is 213 Å². The van der Waals surface area contributed by atoms with Gasteiger partial charge >= 0.3 is 12.0 Å². The van der Waals surface area contributed by atoms with Crippen molar-refractivity contribution < 1.29 is 24.6 Å². The van der Waals surface area contributed by atoms with Crippen LogP contribution in [0.5, 0.6) is 5.75 Å². The Bertz CT molecular complexity index is 848. The van der Waals surface area contributed by atoms with Crippen molar-refractivity contribution in [3.8, 4) is 17.6 Å². The van der Waals surface area contributed by atoms with Crippen LogP contribution in [0.3, 0.4) is 0 Å².